The number of thioether (sulfide) groups is 2. The number of alkyl halides is 2. The summed E-state index contributed by atoms with van der Waals surface area (Å²) in [5, 5.41) is 12.3. The number of carbonyl (C=O) groups excluding carboxylic acids is 1. The van der Waals surface area contributed by atoms with Gasteiger partial charge in [-0.25, -0.2) is 0 Å². The first-order valence-corrected chi connectivity index (χ1v) is 13.0. The molecule has 2 heterocycles. The number of hydrogen-bond donors (Lipinski definition) is 1. The Kier molecular flexibility index (Phi) is 8.21. The Morgan fingerprint density at radius 2 is 1.91 bits per heavy atom. The van der Waals surface area contributed by atoms with Gasteiger partial charge in [-0.05, 0) is 62.2 Å². The van der Waals surface area contributed by atoms with E-state index in [4.69, 9.17) is 23.2 Å². The molecule has 182 valence electrons. The number of amides is 1. The van der Waals surface area contributed by atoms with Gasteiger partial charge in [0.2, 0.25) is 5.91 Å². The van der Waals surface area contributed by atoms with Gasteiger partial charge in [0.05, 0.1) is 22.2 Å². The summed E-state index contributed by atoms with van der Waals surface area (Å²) >= 11 is 14.3. The number of rotatable bonds is 7. The molecule has 0 saturated carbocycles. The highest BCUT2D eigenvalue weighted by atomic mass is 35.5. The fraction of sp³-hybridized carbons (Fsp3) is 0.208. The number of benzene rings is 2. The Morgan fingerprint density at radius 3 is 2.63 bits per heavy atom. The summed E-state index contributed by atoms with van der Waals surface area (Å²) in [7, 11) is 0. The zero-order chi connectivity index (χ0) is 25.1. The molecule has 1 saturated heterocycles. The maximum Gasteiger partial charge on any atom is 0.288 e. The van der Waals surface area contributed by atoms with Crippen LogP contribution in [-0.2, 0) is 11.2 Å². The van der Waals surface area contributed by atoms with Gasteiger partial charge in [-0.3, -0.25) is 4.79 Å². The lowest BCUT2D eigenvalue weighted by Gasteiger charge is -2.12. The molecule has 1 aliphatic heterocycles. The van der Waals surface area contributed by atoms with E-state index in [1.54, 1.807) is 48.7 Å². The van der Waals surface area contributed by atoms with Crippen molar-refractivity contribution in [1.82, 2.24) is 9.88 Å². The minimum Gasteiger partial charge on any atom is -0.316 e. The van der Waals surface area contributed by atoms with Crippen LogP contribution in [0, 0.1) is 13.8 Å². The number of amidine groups is 1. The van der Waals surface area contributed by atoms with Crippen molar-refractivity contribution in [3.05, 3.63) is 81.1 Å². The molecule has 1 aliphatic rings. The summed E-state index contributed by atoms with van der Waals surface area (Å²) in [6.07, 6.45) is 2.09. The lowest BCUT2D eigenvalue weighted by Crippen LogP contribution is -2.25. The molecule has 5 nitrogen and oxygen atoms in total. The van der Waals surface area contributed by atoms with Crippen LogP contribution in [0.4, 0.5) is 8.78 Å². The van der Waals surface area contributed by atoms with Gasteiger partial charge in [-0.2, -0.15) is 13.9 Å². The van der Waals surface area contributed by atoms with Crippen LogP contribution in [0.15, 0.2) is 63.6 Å². The van der Waals surface area contributed by atoms with E-state index >= 15 is 0 Å². The molecular weight excluding hydrogens is 533 g/mol. The lowest BCUT2D eigenvalue weighted by atomic mass is 10.1. The summed E-state index contributed by atoms with van der Waals surface area (Å²) < 4.78 is 26.9. The molecule has 0 bridgehead atoms. The van der Waals surface area contributed by atoms with Gasteiger partial charge >= 0.3 is 0 Å². The molecule has 4 rings (SSSR count). The van der Waals surface area contributed by atoms with E-state index in [-0.39, 0.29) is 11.2 Å². The highest BCUT2D eigenvalue weighted by Gasteiger charge is 2.30. The fourth-order valence-electron chi connectivity index (χ4n) is 3.70. The second kappa shape index (κ2) is 11.2. The van der Waals surface area contributed by atoms with E-state index in [0.717, 1.165) is 28.2 Å². The molecule has 3 aromatic rings. The van der Waals surface area contributed by atoms with Gasteiger partial charge in [0.25, 0.3) is 5.76 Å². The Hall–Kier alpha value is -2.33. The molecule has 0 spiro atoms. The van der Waals surface area contributed by atoms with Crippen molar-refractivity contribution in [1.29, 1.82) is 0 Å². The van der Waals surface area contributed by atoms with Crippen molar-refractivity contribution in [2.75, 3.05) is 0 Å². The maximum atomic E-state index is 12.5. The number of carbonyl (C=O) groups is 1. The SMILES string of the molecule is Cc1cc(/C=N\N=C2/NC(=O)[C@@H](Cc3ccc(SC(F)F)cc3)S2)c(C)n1-c1cc(Cl)ccc1Cl. The Bertz CT molecular complexity index is 1310. The molecule has 1 amide bonds. The lowest BCUT2D eigenvalue weighted by molar-refractivity contribution is -0.118. The predicted octanol–water partition coefficient (Wildman–Crippen LogP) is 6.88. The second-order valence-corrected chi connectivity index (χ2v) is 10.8. The zero-order valence-corrected chi connectivity index (χ0v) is 21.8. The largest absolute Gasteiger partial charge is 0.316 e. The molecule has 11 heteroatoms. The molecule has 1 aromatic heterocycles. The average molecular weight is 553 g/mol. The van der Waals surface area contributed by atoms with Crippen LogP contribution >= 0.6 is 46.7 Å². The number of halogens is 4. The van der Waals surface area contributed by atoms with Crippen LogP contribution < -0.4 is 5.32 Å². The molecular formula is C24H20Cl2F2N4OS2. The normalized spacial score (nSPS) is 17.2. The molecule has 0 radical (unpaired) electrons. The number of nitrogens with zero attached hydrogens (tertiary/aromatic N) is 3. The van der Waals surface area contributed by atoms with E-state index in [9.17, 15) is 13.6 Å². The van der Waals surface area contributed by atoms with E-state index in [2.05, 4.69) is 15.5 Å². The Labute approximate surface area is 220 Å². The van der Waals surface area contributed by atoms with Crippen molar-refractivity contribution in [2.24, 2.45) is 10.2 Å². The van der Waals surface area contributed by atoms with Gasteiger partial charge in [0.15, 0.2) is 5.17 Å². The number of aryl methyl sites for hydroxylation is 1. The Balaban J connectivity index is 1.43. The van der Waals surface area contributed by atoms with E-state index in [0.29, 0.717) is 38.3 Å². The number of hydrogen-bond acceptors (Lipinski definition) is 5. The first-order valence-electron chi connectivity index (χ1n) is 10.5. The second-order valence-electron chi connectivity index (χ2n) is 7.73. The molecule has 1 atom stereocenters. The van der Waals surface area contributed by atoms with Crippen LogP contribution in [0.25, 0.3) is 5.69 Å². The highest BCUT2D eigenvalue weighted by Crippen LogP contribution is 2.29. The van der Waals surface area contributed by atoms with Gasteiger partial charge in [0.1, 0.15) is 0 Å². The van der Waals surface area contributed by atoms with E-state index in [1.807, 2.05) is 24.5 Å². The van der Waals surface area contributed by atoms with Crippen LogP contribution in [0.2, 0.25) is 10.0 Å². The summed E-state index contributed by atoms with van der Waals surface area (Å²) in [4.78, 5) is 12.8. The monoisotopic (exact) mass is 552 g/mol. The zero-order valence-electron chi connectivity index (χ0n) is 18.6. The summed E-state index contributed by atoms with van der Waals surface area (Å²) in [5.41, 5.74) is 4.40. The summed E-state index contributed by atoms with van der Waals surface area (Å²) in [6.45, 7) is 3.91. The van der Waals surface area contributed by atoms with E-state index in [1.165, 1.54) is 11.8 Å². The highest BCUT2D eigenvalue weighted by molar-refractivity contribution is 8.15. The van der Waals surface area contributed by atoms with Crippen molar-refractivity contribution >= 4 is 64.0 Å². The predicted molar refractivity (Wildman–Crippen MR) is 142 cm³/mol. The molecule has 1 fully saturated rings. The average Bonchev–Trinajstić information content (AvgIpc) is 3.29. The quantitative estimate of drug-likeness (QED) is 0.197. The van der Waals surface area contributed by atoms with Gasteiger partial charge in [0, 0.05) is 26.9 Å². The third kappa shape index (κ3) is 6.27. The third-order valence-electron chi connectivity index (χ3n) is 5.31. The number of nitrogens with one attached hydrogen (secondary N) is 1. The number of aromatic nitrogens is 1. The Morgan fingerprint density at radius 1 is 1.17 bits per heavy atom. The van der Waals surface area contributed by atoms with Crippen LogP contribution in [-0.4, -0.2) is 32.9 Å². The molecule has 0 aliphatic carbocycles. The first-order chi connectivity index (χ1) is 16.7. The molecule has 0 unspecified atom stereocenters. The minimum atomic E-state index is -2.46. The van der Waals surface area contributed by atoms with Gasteiger partial charge in [-0.15, -0.1) is 5.10 Å². The molecule has 2 aromatic carbocycles. The van der Waals surface area contributed by atoms with Crippen molar-refractivity contribution in [2.45, 2.75) is 36.2 Å². The summed E-state index contributed by atoms with van der Waals surface area (Å²) in [6, 6.07) is 14.1. The van der Waals surface area contributed by atoms with Crippen LogP contribution in [0.1, 0.15) is 22.5 Å². The maximum absolute atomic E-state index is 12.5. The van der Waals surface area contributed by atoms with Gasteiger partial charge in [-0.1, -0.05) is 58.9 Å². The smallest absolute Gasteiger partial charge is 0.288 e. The van der Waals surface area contributed by atoms with Gasteiger partial charge < -0.3 is 9.88 Å². The van der Waals surface area contributed by atoms with Crippen LogP contribution in [0.5, 0.6) is 0 Å². The van der Waals surface area contributed by atoms with E-state index < -0.39 is 5.76 Å². The minimum absolute atomic E-state index is 0.163. The first kappa shape index (κ1) is 25.8. The fourth-order valence-corrected chi connectivity index (χ4v) is 5.53. The van der Waals surface area contributed by atoms with Crippen molar-refractivity contribution in [3.63, 3.8) is 0 Å². The van der Waals surface area contributed by atoms with Crippen molar-refractivity contribution < 1.29 is 13.6 Å². The molecule has 1 N–H and O–H groups in total. The van der Waals surface area contributed by atoms with Crippen molar-refractivity contribution in [3.8, 4) is 5.69 Å². The standard InChI is InChI=1S/C24H20Cl2F2N4OS2/c1-13-9-16(14(2)32(13)20-11-17(25)5-8-19(20)26)12-29-31-24-30-22(33)21(35-24)10-15-3-6-18(7-4-15)34-23(27)28/h3-9,11-12,21,23H,10H2,1-2H3,(H,30,31,33)/b29-12-/t21-/m1/s1. The van der Waals surface area contributed by atoms with Crippen LogP contribution in [0.3, 0.4) is 0 Å². The molecule has 35 heavy (non-hydrogen) atoms. The summed E-state index contributed by atoms with van der Waals surface area (Å²) in [5.74, 6) is -2.62. The third-order valence-corrected chi connectivity index (χ3v) is 7.66. The topological polar surface area (TPSA) is 58.8 Å².